The van der Waals surface area contributed by atoms with E-state index < -0.39 is 12.1 Å². The average Bonchev–Trinajstić information content (AvgIpc) is 2.66. The van der Waals surface area contributed by atoms with Crippen molar-refractivity contribution in [2.75, 3.05) is 14.2 Å². The molecule has 0 aromatic heterocycles. The van der Waals surface area contributed by atoms with E-state index in [2.05, 4.69) is 10.1 Å². The van der Waals surface area contributed by atoms with E-state index >= 15 is 0 Å². The summed E-state index contributed by atoms with van der Waals surface area (Å²) in [6, 6.07) is 13.9. The van der Waals surface area contributed by atoms with Gasteiger partial charge in [0, 0.05) is 12.1 Å². The molecule has 0 aliphatic rings. The first-order chi connectivity index (χ1) is 12.0. The van der Waals surface area contributed by atoms with Gasteiger partial charge < -0.3 is 19.5 Å². The van der Waals surface area contributed by atoms with Crippen LogP contribution >= 0.6 is 0 Å². The summed E-state index contributed by atoms with van der Waals surface area (Å²) in [5.74, 6) is 0.541. The van der Waals surface area contributed by atoms with Crippen molar-refractivity contribution in [1.29, 1.82) is 0 Å². The lowest BCUT2D eigenvalue weighted by molar-refractivity contribution is -0.127. The summed E-state index contributed by atoms with van der Waals surface area (Å²) in [5, 5.41) is 2.81. The Morgan fingerprint density at radius 2 is 1.72 bits per heavy atom. The average molecular weight is 343 g/mol. The number of benzene rings is 2. The molecule has 2 aromatic carbocycles. The van der Waals surface area contributed by atoms with Crippen LogP contribution in [-0.4, -0.2) is 32.2 Å². The first kappa shape index (κ1) is 18.3. The van der Waals surface area contributed by atoms with Gasteiger partial charge in [-0.25, -0.2) is 4.79 Å². The molecule has 0 aliphatic carbocycles. The van der Waals surface area contributed by atoms with E-state index in [1.807, 2.05) is 24.3 Å². The van der Waals surface area contributed by atoms with Crippen LogP contribution in [0.3, 0.4) is 0 Å². The molecule has 0 bridgehead atoms. The van der Waals surface area contributed by atoms with Crippen molar-refractivity contribution in [2.45, 2.75) is 19.6 Å². The number of carbonyl (C=O) groups excluding carboxylic acids is 2. The van der Waals surface area contributed by atoms with Crippen molar-refractivity contribution in [3.8, 4) is 11.5 Å². The molecular weight excluding hydrogens is 322 g/mol. The lowest BCUT2D eigenvalue weighted by Gasteiger charge is -2.15. The van der Waals surface area contributed by atoms with Crippen molar-refractivity contribution in [3.05, 3.63) is 59.7 Å². The number of esters is 1. The van der Waals surface area contributed by atoms with Gasteiger partial charge in [-0.1, -0.05) is 18.2 Å². The summed E-state index contributed by atoms with van der Waals surface area (Å²) in [6.07, 6.45) is -0.682. The molecule has 0 saturated heterocycles. The van der Waals surface area contributed by atoms with Gasteiger partial charge in [-0.2, -0.15) is 0 Å². The Morgan fingerprint density at radius 1 is 1.04 bits per heavy atom. The summed E-state index contributed by atoms with van der Waals surface area (Å²) in [4.78, 5) is 23.6. The number of carbonyl (C=O) groups is 2. The van der Waals surface area contributed by atoms with Gasteiger partial charge in [0.2, 0.25) is 0 Å². The van der Waals surface area contributed by atoms with Crippen LogP contribution in [0.5, 0.6) is 11.5 Å². The Balaban J connectivity index is 1.90. The van der Waals surface area contributed by atoms with Crippen LogP contribution in [0.2, 0.25) is 0 Å². The van der Waals surface area contributed by atoms with E-state index in [-0.39, 0.29) is 5.91 Å². The zero-order valence-electron chi connectivity index (χ0n) is 14.4. The maximum absolute atomic E-state index is 12.2. The maximum atomic E-state index is 12.2. The van der Waals surface area contributed by atoms with E-state index in [9.17, 15) is 9.59 Å². The summed E-state index contributed by atoms with van der Waals surface area (Å²) in [7, 11) is 2.91. The highest BCUT2D eigenvalue weighted by molar-refractivity contribution is 5.89. The fourth-order valence-electron chi connectivity index (χ4n) is 2.22. The Hall–Kier alpha value is -3.02. The Morgan fingerprint density at radius 3 is 2.36 bits per heavy atom. The topological polar surface area (TPSA) is 73.9 Å². The monoisotopic (exact) mass is 343 g/mol. The molecule has 25 heavy (non-hydrogen) atoms. The third-order valence-corrected chi connectivity index (χ3v) is 3.60. The van der Waals surface area contributed by atoms with Gasteiger partial charge in [-0.3, -0.25) is 4.79 Å². The minimum atomic E-state index is -0.682. The van der Waals surface area contributed by atoms with E-state index in [4.69, 9.17) is 9.47 Å². The first-order valence-electron chi connectivity index (χ1n) is 7.79. The lowest BCUT2D eigenvalue weighted by Crippen LogP contribution is -2.36. The number of para-hydroxylation sites is 1. The largest absolute Gasteiger partial charge is 0.496 e. The minimum Gasteiger partial charge on any atom is -0.496 e. The normalized spacial score (nSPS) is 11.3. The van der Waals surface area contributed by atoms with Gasteiger partial charge in [0.25, 0.3) is 5.91 Å². The second-order valence-corrected chi connectivity index (χ2v) is 5.31. The molecule has 132 valence electrons. The van der Waals surface area contributed by atoms with Gasteiger partial charge in [-0.15, -0.1) is 0 Å². The molecular formula is C19H21NO5. The second kappa shape index (κ2) is 8.73. The predicted octanol–water partition coefficient (Wildman–Crippen LogP) is 2.57. The molecule has 1 atom stereocenters. The lowest BCUT2D eigenvalue weighted by atomic mass is 10.2. The Labute approximate surface area is 146 Å². The van der Waals surface area contributed by atoms with Crippen molar-refractivity contribution in [1.82, 2.24) is 5.32 Å². The summed E-state index contributed by atoms with van der Waals surface area (Å²) in [6.45, 7) is 2.00. The number of nitrogens with one attached hydrogen (secondary N) is 1. The Kier molecular flexibility index (Phi) is 6.39. The molecule has 1 N–H and O–H groups in total. The highest BCUT2D eigenvalue weighted by Crippen LogP contribution is 2.17. The third-order valence-electron chi connectivity index (χ3n) is 3.60. The number of amides is 1. The Bertz CT molecular complexity index is 727. The van der Waals surface area contributed by atoms with Crippen molar-refractivity contribution >= 4 is 11.9 Å². The number of hydrogen-bond donors (Lipinski definition) is 1. The summed E-state index contributed by atoms with van der Waals surface area (Å²) < 4.78 is 15.5. The van der Waals surface area contributed by atoms with Gasteiger partial charge in [-0.05, 0) is 37.3 Å². The van der Waals surface area contributed by atoms with Gasteiger partial charge in [0.15, 0.2) is 6.10 Å². The molecule has 0 fully saturated rings. The molecule has 6 heteroatoms. The number of rotatable bonds is 7. The van der Waals surface area contributed by atoms with E-state index in [0.29, 0.717) is 17.9 Å². The molecule has 0 saturated carbocycles. The molecule has 0 aliphatic heterocycles. The molecule has 0 heterocycles. The van der Waals surface area contributed by atoms with Crippen LogP contribution in [-0.2, 0) is 16.1 Å². The molecule has 2 rings (SSSR count). The zero-order valence-corrected chi connectivity index (χ0v) is 14.4. The van der Waals surface area contributed by atoms with Crippen LogP contribution in [0.4, 0.5) is 0 Å². The predicted molar refractivity (Wildman–Crippen MR) is 92.7 cm³/mol. The molecule has 0 spiro atoms. The van der Waals surface area contributed by atoms with Crippen molar-refractivity contribution < 1.29 is 23.8 Å². The quantitative estimate of drug-likeness (QED) is 0.782. The van der Waals surface area contributed by atoms with Crippen molar-refractivity contribution in [2.24, 2.45) is 0 Å². The number of methoxy groups -OCH3 is 2. The fraction of sp³-hybridized carbons (Fsp3) is 0.263. The minimum absolute atomic E-state index is 0.247. The van der Waals surface area contributed by atoms with Crippen LogP contribution in [0, 0.1) is 0 Å². The number of ether oxygens (including phenoxy) is 3. The fourth-order valence-corrected chi connectivity index (χ4v) is 2.22. The molecule has 0 radical (unpaired) electrons. The summed E-state index contributed by atoms with van der Waals surface area (Å²) >= 11 is 0. The van der Waals surface area contributed by atoms with E-state index in [0.717, 1.165) is 11.3 Å². The second-order valence-electron chi connectivity index (χ2n) is 5.31. The molecule has 2 aromatic rings. The van der Waals surface area contributed by atoms with Gasteiger partial charge >= 0.3 is 5.97 Å². The van der Waals surface area contributed by atoms with Crippen LogP contribution in [0.15, 0.2) is 48.5 Å². The number of hydrogen-bond acceptors (Lipinski definition) is 5. The zero-order chi connectivity index (χ0) is 18.2. The first-order valence-corrected chi connectivity index (χ1v) is 7.79. The molecule has 0 unspecified atom stereocenters. The van der Waals surface area contributed by atoms with Gasteiger partial charge in [0.05, 0.1) is 19.8 Å². The standard InChI is InChI=1S/C19H21NO5/c1-13(25-16-10-8-14(9-11-16)19(22)24-3)18(21)20-12-15-6-4-5-7-17(15)23-2/h4-11,13H,12H2,1-3H3,(H,20,21)/t13-/m1/s1. The SMILES string of the molecule is COC(=O)c1ccc(O[C@H](C)C(=O)NCc2ccccc2OC)cc1. The van der Waals surface area contributed by atoms with E-state index in [1.54, 1.807) is 38.3 Å². The van der Waals surface area contributed by atoms with Crippen molar-refractivity contribution in [3.63, 3.8) is 0 Å². The van der Waals surface area contributed by atoms with Crippen LogP contribution < -0.4 is 14.8 Å². The smallest absolute Gasteiger partial charge is 0.337 e. The maximum Gasteiger partial charge on any atom is 0.337 e. The molecule has 6 nitrogen and oxygen atoms in total. The third kappa shape index (κ3) is 4.97. The van der Waals surface area contributed by atoms with Crippen LogP contribution in [0.25, 0.3) is 0 Å². The summed E-state index contributed by atoms with van der Waals surface area (Å²) in [5.41, 5.74) is 1.30. The van der Waals surface area contributed by atoms with E-state index in [1.165, 1.54) is 7.11 Å². The molecule has 1 amide bonds. The highest BCUT2D eigenvalue weighted by atomic mass is 16.5. The highest BCUT2D eigenvalue weighted by Gasteiger charge is 2.15. The van der Waals surface area contributed by atoms with Gasteiger partial charge in [0.1, 0.15) is 11.5 Å². The van der Waals surface area contributed by atoms with Crippen LogP contribution in [0.1, 0.15) is 22.8 Å².